The number of aryl methyl sites for hydroxylation is 1. The van der Waals surface area contributed by atoms with Gasteiger partial charge in [0.15, 0.2) is 0 Å². The molecular weight excluding hydrogens is 253 g/mol. The van der Waals surface area contributed by atoms with Gasteiger partial charge in [-0.15, -0.1) is 0 Å². The van der Waals surface area contributed by atoms with E-state index < -0.39 is 12.2 Å². The van der Waals surface area contributed by atoms with E-state index in [0.29, 0.717) is 11.1 Å². The summed E-state index contributed by atoms with van der Waals surface area (Å²) in [5.41, 5.74) is 0.0944. The molecule has 2 nitrogen and oxygen atoms in total. The first-order valence-electron chi connectivity index (χ1n) is 6.29. The summed E-state index contributed by atoms with van der Waals surface area (Å²) < 4.78 is 38.2. The van der Waals surface area contributed by atoms with Crippen molar-refractivity contribution in [2.75, 3.05) is 0 Å². The van der Waals surface area contributed by atoms with Crippen LogP contribution in [0.1, 0.15) is 45.4 Å². The molecule has 0 bridgehead atoms. The third-order valence-electron chi connectivity index (χ3n) is 2.20. The Kier molecular flexibility index (Phi) is 7.72. The average Bonchev–Trinajstić information content (AvgIpc) is 2.43. The van der Waals surface area contributed by atoms with Gasteiger partial charge in [-0.05, 0) is 19.1 Å². The summed E-state index contributed by atoms with van der Waals surface area (Å²) in [6.07, 6.45) is -1.49. The van der Waals surface area contributed by atoms with Crippen LogP contribution in [-0.4, -0.2) is 10.2 Å². The SMILES string of the molecule is CC.CC.Cc1nncc2c(C(F)F)cc(F)cc12. The van der Waals surface area contributed by atoms with Crippen molar-refractivity contribution in [1.29, 1.82) is 0 Å². The Balaban J connectivity index is 0.000000741. The smallest absolute Gasteiger partial charge is 0.207 e. The minimum Gasteiger partial charge on any atom is -0.207 e. The lowest BCUT2D eigenvalue weighted by Gasteiger charge is -2.06. The molecule has 0 aliphatic carbocycles. The monoisotopic (exact) mass is 272 g/mol. The minimum absolute atomic E-state index is 0.249. The lowest BCUT2D eigenvalue weighted by atomic mass is 10.1. The van der Waals surface area contributed by atoms with Crippen molar-refractivity contribution in [3.8, 4) is 0 Å². The van der Waals surface area contributed by atoms with E-state index in [1.807, 2.05) is 27.7 Å². The zero-order valence-electron chi connectivity index (χ0n) is 11.8. The van der Waals surface area contributed by atoms with Gasteiger partial charge >= 0.3 is 0 Å². The minimum atomic E-state index is -2.72. The zero-order chi connectivity index (χ0) is 15.0. The van der Waals surface area contributed by atoms with Crippen LogP contribution in [0.4, 0.5) is 13.2 Å². The summed E-state index contributed by atoms with van der Waals surface area (Å²) in [5.74, 6) is -0.686. The van der Waals surface area contributed by atoms with Crippen molar-refractivity contribution in [1.82, 2.24) is 10.2 Å². The van der Waals surface area contributed by atoms with E-state index in [-0.39, 0.29) is 10.9 Å². The van der Waals surface area contributed by atoms with E-state index >= 15 is 0 Å². The van der Waals surface area contributed by atoms with Gasteiger partial charge < -0.3 is 0 Å². The zero-order valence-corrected chi connectivity index (χ0v) is 11.8. The van der Waals surface area contributed by atoms with E-state index in [4.69, 9.17) is 0 Å². The predicted molar refractivity (Wildman–Crippen MR) is 71.9 cm³/mol. The summed E-state index contributed by atoms with van der Waals surface area (Å²) in [7, 11) is 0. The fourth-order valence-corrected chi connectivity index (χ4v) is 1.49. The van der Waals surface area contributed by atoms with Crippen LogP contribution in [0.25, 0.3) is 10.8 Å². The Bertz CT molecular complexity index is 513. The molecule has 0 amide bonds. The molecule has 0 spiro atoms. The van der Waals surface area contributed by atoms with Gasteiger partial charge in [0.25, 0.3) is 6.43 Å². The molecule has 0 fully saturated rings. The molecule has 0 aliphatic rings. The normalized spacial score (nSPS) is 9.53. The topological polar surface area (TPSA) is 25.8 Å². The van der Waals surface area contributed by atoms with Crippen molar-refractivity contribution < 1.29 is 13.2 Å². The number of hydrogen-bond donors (Lipinski definition) is 0. The van der Waals surface area contributed by atoms with Crippen LogP contribution in [0.5, 0.6) is 0 Å². The average molecular weight is 272 g/mol. The van der Waals surface area contributed by atoms with Gasteiger partial charge in [-0.25, -0.2) is 13.2 Å². The first-order chi connectivity index (χ1) is 9.09. The molecule has 0 aliphatic heterocycles. The predicted octanol–water partition coefficient (Wildman–Crippen LogP) is 5.07. The number of benzene rings is 1. The van der Waals surface area contributed by atoms with E-state index in [9.17, 15) is 13.2 Å². The molecule has 5 heteroatoms. The van der Waals surface area contributed by atoms with E-state index in [1.54, 1.807) is 6.92 Å². The Morgan fingerprint density at radius 3 is 2.11 bits per heavy atom. The third kappa shape index (κ3) is 4.19. The summed E-state index contributed by atoms with van der Waals surface area (Å²) >= 11 is 0. The Hall–Kier alpha value is -1.65. The molecule has 0 saturated heterocycles. The molecule has 0 radical (unpaired) electrons. The molecular formula is C14H19F3N2. The molecule has 0 atom stereocenters. The van der Waals surface area contributed by atoms with Gasteiger partial charge in [0, 0.05) is 16.3 Å². The molecule has 0 saturated carbocycles. The Morgan fingerprint density at radius 2 is 1.58 bits per heavy atom. The highest BCUT2D eigenvalue weighted by Crippen LogP contribution is 2.29. The molecule has 19 heavy (non-hydrogen) atoms. The van der Waals surface area contributed by atoms with Crippen LogP contribution >= 0.6 is 0 Å². The van der Waals surface area contributed by atoms with Crippen LogP contribution < -0.4 is 0 Å². The second-order valence-electron chi connectivity index (χ2n) is 3.19. The van der Waals surface area contributed by atoms with Gasteiger partial charge in [0.1, 0.15) is 5.82 Å². The van der Waals surface area contributed by atoms with Crippen LogP contribution in [0.3, 0.4) is 0 Å². The van der Waals surface area contributed by atoms with Gasteiger partial charge in [0.2, 0.25) is 0 Å². The summed E-state index contributed by atoms with van der Waals surface area (Å²) in [5, 5.41) is 7.89. The first kappa shape index (κ1) is 17.4. The first-order valence-corrected chi connectivity index (χ1v) is 6.29. The number of alkyl halides is 2. The van der Waals surface area contributed by atoms with Crippen LogP contribution in [0.15, 0.2) is 18.3 Å². The van der Waals surface area contributed by atoms with E-state index in [1.165, 1.54) is 12.3 Å². The maximum atomic E-state index is 13.1. The second kappa shape index (κ2) is 8.45. The van der Waals surface area contributed by atoms with E-state index in [2.05, 4.69) is 10.2 Å². The van der Waals surface area contributed by atoms with Crippen molar-refractivity contribution in [2.24, 2.45) is 0 Å². The number of hydrogen-bond acceptors (Lipinski definition) is 2. The lowest BCUT2D eigenvalue weighted by Crippen LogP contribution is -1.94. The Labute approximate surface area is 111 Å². The second-order valence-corrected chi connectivity index (χ2v) is 3.19. The molecule has 2 aromatic rings. The van der Waals surface area contributed by atoms with Gasteiger partial charge in [-0.1, -0.05) is 27.7 Å². The number of nitrogens with zero attached hydrogens (tertiary/aromatic N) is 2. The summed E-state index contributed by atoms with van der Waals surface area (Å²) in [4.78, 5) is 0. The molecule has 2 rings (SSSR count). The van der Waals surface area contributed by atoms with Gasteiger partial charge in [-0.2, -0.15) is 10.2 Å². The van der Waals surface area contributed by atoms with Gasteiger partial charge in [-0.3, -0.25) is 0 Å². The largest absolute Gasteiger partial charge is 0.264 e. The number of fused-ring (bicyclic) bond motifs is 1. The van der Waals surface area contributed by atoms with Crippen molar-refractivity contribution in [3.63, 3.8) is 0 Å². The quantitative estimate of drug-likeness (QED) is 0.724. The number of rotatable bonds is 1. The highest BCUT2D eigenvalue weighted by atomic mass is 19.3. The molecule has 1 heterocycles. The molecule has 1 aromatic carbocycles. The van der Waals surface area contributed by atoms with Crippen molar-refractivity contribution in [2.45, 2.75) is 41.0 Å². The van der Waals surface area contributed by atoms with E-state index in [0.717, 1.165) is 6.07 Å². The maximum absolute atomic E-state index is 13.1. The van der Waals surface area contributed by atoms with Crippen LogP contribution in [0.2, 0.25) is 0 Å². The maximum Gasteiger partial charge on any atom is 0.264 e. The van der Waals surface area contributed by atoms with Crippen LogP contribution in [-0.2, 0) is 0 Å². The standard InChI is InChI=1S/C10H7F3N2.2C2H6/c1-5-7-2-6(11)3-8(10(12)13)9(7)4-14-15-5;2*1-2/h2-4,10H,1H3;2*1-2H3. The highest BCUT2D eigenvalue weighted by molar-refractivity contribution is 5.86. The fraction of sp³-hybridized carbons (Fsp3) is 0.429. The summed E-state index contributed by atoms with van der Waals surface area (Å²) in [6.45, 7) is 9.60. The van der Waals surface area contributed by atoms with Crippen molar-refractivity contribution in [3.05, 3.63) is 35.4 Å². The number of halogens is 3. The number of aromatic nitrogens is 2. The molecule has 106 valence electrons. The summed E-state index contributed by atoms with van der Waals surface area (Å²) in [6, 6.07) is 2.01. The van der Waals surface area contributed by atoms with Gasteiger partial charge in [0.05, 0.1) is 11.9 Å². The molecule has 0 N–H and O–H groups in total. The van der Waals surface area contributed by atoms with Crippen LogP contribution in [0, 0.1) is 12.7 Å². The Morgan fingerprint density at radius 1 is 1.00 bits per heavy atom. The highest BCUT2D eigenvalue weighted by Gasteiger charge is 2.14. The fourth-order valence-electron chi connectivity index (χ4n) is 1.49. The molecule has 0 unspecified atom stereocenters. The third-order valence-corrected chi connectivity index (χ3v) is 2.20. The van der Waals surface area contributed by atoms with Crippen molar-refractivity contribution >= 4 is 10.8 Å². The lowest BCUT2D eigenvalue weighted by molar-refractivity contribution is 0.152. The molecule has 1 aromatic heterocycles.